The normalized spacial score (nSPS) is 12.2. The van der Waals surface area contributed by atoms with Gasteiger partial charge in [0.05, 0.1) is 5.75 Å². The third-order valence-electron chi connectivity index (χ3n) is 3.75. The summed E-state index contributed by atoms with van der Waals surface area (Å²) in [6, 6.07) is 3.82. The molecule has 7 heteroatoms. The monoisotopic (exact) mass is 375 g/mol. The van der Waals surface area contributed by atoms with E-state index in [9.17, 15) is 4.79 Å². The highest BCUT2D eigenvalue weighted by molar-refractivity contribution is 7.99. The molecule has 2 aromatic heterocycles. The quantitative estimate of drug-likeness (QED) is 0.746. The van der Waals surface area contributed by atoms with Crippen molar-refractivity contribution in [2.24, 2.45) is 5.41 Å². The molecule has 0 aromatic carbocycles. The molecule has 0 bridgehead atoms. The van der Waals surface area contributed by atoms with Gasteiger partial charge in [0.25, 0.3) is 0 Å². The number of amides is 1. The maximum atomic E-state index is 12.4. The van der Waals surface area contributed by atoms with Gasteiger partial charge in [-0.15, -0.1) is 10.2 Å². The van der Waals surface area contributed by atoms with Crippen LogP contribution in [0, 0.1) is 5.41 Å². The molecular formula is C19H29N5OS. The molecule has 6 nitrogen and oxygen atoms in total. The van der Waals surface area contributed by atoms with Gasteiger partial charge in [-0.1, -0.05) is 32.5 Å². The zero-order valence-corrected chi connectivity index (χ0v) is 17.4. The summed E-state index contributed by atoms with van der Waals surface area (Å²) in [7, 11) is 0. The molecular weight excluding hydrogens is 346 g/mol. The largest absolute Gasteiger partial charge is 0.350 e. The van der Waals surface area contributed by atoms with Crippen LogP contribution in [0.15, 0.2) is 29.7 Å². The Kier molecular flexibility index (Phi) is 6.44. The van der Waals surface area contributed by atoms with Gasteiger partial charge in [0.1, 0.15) is 0 Å². The van der Waals surface area contributed by atoms with Crippen LogP contribution in [0.3, 0.4) is 0 Å². The summed E-state index contributed by atoms with van der Waals surface area (Å²) < 4.78 is 2.02. The number of thioether (sulfide) groups is 1. The van der Waals surface area contributed by atoms with E-state index in [0.717, 1.165) is 29.5 Å². The minimum atomic E-state index is -0.240. The SMILES string of the molecule is CCn1c(SCC(=O)NC(C)(C)CC(C)(C)C)nnc1-c1ccncc1. The second-order valence-electron chi connectivity index (χ2n) is 8.24. The first kappa shape index (κ1) is 20.4. The Morgan fingerprint density at radius 2 is 1.81 bits per heavy atom. The van der Waals surface area contributed by atoms with Crippen molar-refractivity contribution in [2.45, 2.75) is 65.2 Å². The minimum Gasteiger partial charge on any atom is -0.350 e. The summed E-state index contributed by atoms with van der Waals surface area (Å²) in [6.45, 7) is 13.5. The second-order valence-corrected chi connectivity index (χ2v) is 9.19. The maximum Gasteiger partial charge on any atom is 0.230 e. The van der Waals surface area contributed by atoms with Crippen LogP contribution in [0.25, 0.3) is 11.4 Å². The number of aromatic nitrogens is 4. The van der Waals surface area contributed by atoms with Crippen molar-refractivity contribution >= 4 is 17.7 Å². The van der Waals surface area contributed by atoms with E-state index in [4.69, 9.17) is 0 Å². The van der Waals surface area contributed by atoms with E-state index in [2.05, 4.69) is 55.1 Å². The molecule has 0 radical (unpaired) electrons. The number of carbonyl (C=O) groups is 1. The molecule has 0 saturated carbocycles. The van der Waals surface area contributed by atoms with E-state index in [1.807, 2.05) is 23.6 Å². The molecule has 0 saturated heterocycles. The lowest BCUT2D eigenvalue weighted by Crippen LogP contribution is -2.46. The average Bonchev–Trinajstić information content (AvgIpc) is 2.93. The molecule has 0 unspecified atom stereocenters. The molecule has 2 heterocycles. The first-order valence-electron chi connectivity index (χ1n) is 8.89. The van der Waals surface area contributed by atoms with Crippen LogP contribution in [0.4, 0.5) is 0 Å². The van der Waals surface area contributed by atoms with Crippen molar-refractivity contribution in [1.82, 2.24) is 25.1 Å². The van der Waals surface area contributed by atoms with Crippen molar-refractivity contribution in [1.29, 1.82) is 0 Å². The zero-order chi connectivity index (χ0) is 19.4. The van der Waals surface area contributed by atoms with Gasteiger partial charge in [0, 0.05) is 30.0 Å². The summed E-state index contributed by atoms with van der Waals surface area (Å²) in [6.07, 6.45) is 4.39. The number of hydrogen-bond acceptors (Lipinski definition) is 5. The molecule has 0 spiro atoms. The van der Waals surface area contributed by atoms with E-state index in [-0.39, 0.29) is 16.9 Å². The Hall–Kier alpha value is -1.89. The topological polar surface area (TPSA) is 72.7 Å². The number of carbonyl (C=O) groups excluding carboxylic acids is 1. The van der Waals surface area contributed by atoms with Crippen molar-refractivity contribution in [2.75, 3.05) is 5.75 Å². The maximum absolute atomic E-state index is 12.4. The molecule has 142 valence electrons. The molecule has 1 amide bonds. The fourth-order valence-electron chi connectivity index (χ4n) is 3.31. The van der Waals surface area contributed by atoms with E-state index >= 15 is 0 Å². The van der Waals surface area contributed by atoms with E-state index in [1.165, 1.54) is 11.8 Å². The number of pyridine rings is 1. The molecule has 0 aliphatic heterocycles. The molecule has 2 rings (SSSR count). The number of nitrogens with one attached hydrogen (secondary N) is 1. The summed E-state index contributed by atoms with van der Waals surface area (Å²) in [5.74, 6) is 1.13. The fourth-order valence-corrected chi connectivity index (χ4v) is 4.11. The van der Waals surface area contributed by atoms with Gasteiger partial charge < -0.3 is 9.88 Å². The number of rotatable bonds is 7. The Morgan fingerprint density at radius 3 is 2.38 bits per heavy atom. The fraction of sp³-hybridized carbons (Fsp3) is 0.579. The Morgan fingerprint density at radius 1 is 1.15 bits per heavy atom. The first-order valence-corrected chi connectivity index (χ1v) is 9.87. The van der Waals surface area contributed by atoms with Crippen molar-refractivity contribution < 1.29 is 4.79 Å². The van der Waals surface area contributed by atoms with Gasteiger partial charge in [-0.2, -0.15) is 0 Å². The van der Waals surface area contributed by atoms with Gasteiger partial charge in [-0.25, -0.2) is 0 Å². The molecule has 0 atom stereocenters. The predicted molar refractivity (Wildman–Crippen MR) is 106 cm³/mol. The van der Waals surface area contributed by atoms with Crippen LogP contribution < -0.4 is 5.32 Å². The summed E-state index contributed by atoms with van der Waals surface area (Å²) in [5, 5.41) is 12.4. The van der Waals surface area contributed by atoms with Gasteiger partial charge >= 0.3 is 0 Å². The van der Waals surface area contributed by atoms with Crippen molar-refractivity contribution in [3.05, 3.63) is 24.5 Å². The van der Waals surface area contributed by atoms with Crippen LogP contribution >= 0.6 is 11.8 Å². The van der Waals surface area contributed by atoms with E-state index in [1.54, 1.807) is 12.4 Å². The summed E-state index contributed by atoms with van der Waals surface area (Å²) >= 11 is 1.42. The second kappa shape index (κ2) is 8.20. The Balaban J connectivity index is 2.02. The summed E-state index contributed by atoms with van der Waals surface area (Å²) in [4.78, 5) is 16.4. The van der Waals surface area contributed by atoms with Crippen LogP contribution in [0.1, 0.15) is 48.0 Å². The Bertz CT molecular complexity index is 734. The van der Waals surface area contributed by atoms with Gasteiger partial charge in [-0.05, 0) is 44.7 Å². The third-order valence-corrected chi connectivity index (χ3v) is 4.72. The van der Waals surface area contributed by atoms with Crippen LogP contribution in [0.5, 0.6) is 0 Å². The summed E-state index contributed by atoms with van der Waals surface area (Å²) in [5.41, 5.74) is 0.888. The highest BCUT2D eigenvalue weighted by Gasteiger charge is 2.27. The zero-order valence-electron chi connectivity index (χ0n) is 16.5. The molecule has 1 N–H and O–H groups in total. The highest BCUT2D eigenvalue weighted by Crippen LogP contribution is 2.27. The minimum absolute atomic E-state index is 0.0142. The molecule has 0 aliphatic rings. The number of hydrogen-bond donors (Lipinski definition) is 1. The Labute approximate surface area is 160 Å². The lowest BCUT2D eigenvalue weighted by atomic mass is 9.82. The van der Waals surface area contributed by atoms with E-state index < -0.39 is 0 Å². The van der Waals surface area contributed by atoms with Gasteiger partial charge in [0.15, 0.2) is 11.0 Å². The first-order chi connectivity index (χ1) is 12.1. The molecule has 0 fully saturated rings. The third kappa shape index (κ3) is 5.83. The van der Waals surface area contributed by atoms with E-state index in [0.29, 0.717) is 5.75 Å². The van der Waals surface area contributed by atoms with Crippen molar-refractivity contribution in [3.63, 3.8) is 0 Å². The van der Waals surface area contributed by atoms with Gasteiger partial charge in [0.2, 0.25) is 5.91 Å². The lowest BCUT2D eigenvalue weighted by Gasteiger charge is -2.33. The van der Waals surface area contributed by atoms with Crippen molar-refractivity contribution in [3.8, 4) is 11.4 Å². The number of nitrogens with zero attached hydrogens (tertiary/aromatic N) is 4. The van der Waals surface area contributed by atoms with Crippen LogP contribution in [0.2, 0.25) is 0 Å². The van der Waals surface area contributed by atoms with Crippen LogP contribution in [-0.4, -0.2) is 36.9 Å². The predicted octanol–water partition coefficient (Wildman–Crippen LogP) is 3.78. The van der Waals surface area contributed by atoms with Crippen LogP contribution in [-0.2, 0) is 11.3 Å². The smallest absolute Gasteiger partial charge is 0.230 e. The average molecular weight is 376 g/mol. The lowest BCUT2D eigenvalue weighted by molar-refractivity contribution is -0.120. The standard InChI is InChI=1S/C19H29N5OS/c1-7-24-16(14-8-10-20-11-9-14)22-23-17(24)26-12-15(25)21-19(5,6)13-18(2,3)4/h8-11H,7,12-13H2,1-6H3,(H,21,25). The highest BCUT2D eigenvalue weighted by atomic mass is 32.2. The van der Waals surface area contributed by atoms with Gasteiger partial charge in [-0.3, -0.25) is 9.78 Å². The molecule has 0 aliphatic carbocycles. The molecule has 26 heavy (non-hydrogen) atoms. The molecule has 2 aromatic rings.